The van der Waals surface area contributed by atoms with E-state index < -0.39 is 15.2 Å². The first kappa shape index (κ1) is 24.9. The summed E-state index contributed by atoms with van der Waals surface area (Å²) in [5, 5.41) is 1.74. The number of nitrogens with zero attached hydrogens (tertiary/aromatic N) is 1. The van der Waals surface area contributed by atoms with Gasteiger partial charge in [0.05, 0.1) is 16.1 Å². The van der Waals surface area contributed by atoms with E-state index in [0.717, 1.165) is 27.6 Å². The van der Waals surface area contributed by atoms with Crippen LogP contribution in [-0.4, -0.2) is 4.98 Å². The summed E-state index contributed by atoms with van der Waals surface area (Å²) in [5.41, 5.74) is 3.80. The third-order valence-electron chi connectivity index (χ3n) is 7.27. The lowest BCUT2D eigenvalue weighted by Gasteiger charge is -2.28. The van der Waals surface area contributed by atoms with Gasteiger partial charge >= 0.3 is 15.2 Å². The van der Waals surface area contributed by atoms with Crippen molar-refractivity contribution >= 4 is 36.7 Å². The summed E-state index contributed by atoms with van der Waals surface area (Å²) in [4.78, 5) is 4.62. The van der Waals surface area contributed by atoms with E-state index in [1.165, 1.54) is 0 Å². The highest BCUT2D eigenvalue weighted by molar-refractivity contribution is 7.63. The summed E-state index contributed by atoms with van der Waals surface area (Å²) in [5.74, 6) is 1.41. The fraction of sp³-hybridized carbons (Fsp3) is 0. The average Bonchev–Trinajstić information content (AvgIpc) is 3.01. The van der Waals surface area contributed by atoms with Crippen molar-refractivity contribution in [2.24, 2.45) is 0 Å². The van der Waals surface area contributed by atoms with Gasteiger partial charge in [-0.25, -0.2) is 14.1 Å². The van der Waals surface area contributed by atoms with Gasteiger partial charge in [0.2, 0.25) is 5.88 Å². The molecule has 2 atom stereocenters. The van der Waals surface area contributed by atoms with Crippen LogP contribution in [-0.2, 0) is 9.13 Å². The molecule has 204 valence electrons. The monoisotopic (exact) mass is 589 g/mol. The van der Waals surface area contributed by atoms with Gasteiger partial charge in [-0.1, -0.05) is 72.8 Å². The Morgan fingerprint density at radius 1 is 0.524 bits per heavy atom. The van der Waals surface area contributed by atoms with Crippen LogP contribution in [0.15, 0.2) is 127 Å². The van der Waals surface area contributed by atoms with E-state index in [4.69, 9.17) is 18.1 Å². The van der Waals surface area contributed by atoms with Crippen LogP contribution in [0.25, 0.3) is 33.2 Å². The lowest BCUT2D eigenvalue weighted by Crippen LogP contribution is -2.21. The van der Waals surface area contributed by atoms with Crippen molar-refractivity contribution in [2.45, 2.75) is 0 Å². The zero-order valence-electron chi connectivity index (χ0n) is 21.9. The van der Waals surface area contributed by atoms with Crippen LogP contribution in [0.2, 0.25) is 0 Å². The Morgan fingerprint density at radius 2 is 1.02 bits per heavy atom. The maximum Gasteiger partial charge on any atom is 0.464 e. The predicted molar refractivity (Wildman–Crippen MR) is 162 cm³/mol. The first-order valence-corrected chi connectivity index (χ1v) is 16.3. The Bertz CT molecular complexity index is 2000. The van der Waals surface area contributed by atoms with Gasteiger partial charge in [0.1, 0.15) is 17.2 Å². The minimum Gasteiger partial charge on any atom is -0.413 e. The molecule has 7 nitrogen and oxygen atoms in total. The predicted octanol–water partition coefficient (Wildman–Crippen LogP) is 8.15. The SMILES string of the molecule is O=P1(Oc2ccc3ccc(OP4(=O)Oc5ccccc5-c5ccccc54)nc3c2)Oc2ccccc2-c2ccccc21. The van der Waals surface area contributed by atoms with Crippen molar-refractivity contribution in [1.82, 2.24) is 4.98 Å². The molecule has 9 heteroatoms. The van der Waals surface area contributed by atoms with Gasteiger partial charge in [-0.15, -0.1) is 0 Å². The van der Waals surface area contributed by atoms with Gasteiger partial charge in [-0.05, 0) is 42.5 Å². The van der Waals surface area contributed by atoms with Crippen LogP contribution < -0.4 is 28.7 Å². The van der Waals surface area contributed by atoms with E-state index in [2.05, 4.69) is 4.98 Å². The molecule has 6 aromatic rings. The molecule has 42 heavy (non-hydrogen) atoms. The molecule has 0 spiro atoms. The second-order valence-electron chi connectivity index (χ2n) is 9.89. The van der Waals surface area contributed by atoms with E-state index in [-0.39, 0.29) is 5.88 Å². The number of pyridine rings is 1. The Balaban J connectivity index is 1.14. The van der Waals surface area contributed by atoms with Crippen molar-refractivity contribution < 1.29 is 27.2 Å². The highest BCUT2D eigenvalue weighted by atomic mass is 31.2. The molecular weight excluding hydrogens is 568 g/mol. The standard InChI is InChI=1S/C33H21NO6P2/c35-41(31-15-7-3-11-26(31)24-9-1-5-13-29(24)38-41)37-23-19-17-22-18-20-33(34-28(22)21-23)40-42(36)32-16-8-4-12-27(32)25-10-2-6-14-30(25)39-42/h1-21H. The molecule has 2 unspecified atom stereocenters. The molecule has 5 aromatic carbocycles. The Morgan fingerprint density at radius 3 is 1.64 bits per heavy atom. The van der Waals surface area contributed by atoms with Gasteiger partial charge < -0.3 is 18.1 Å². The molecule has 0 saturated carbocycles. The molecule has 0 bridgehead atoms. The number of hydrogen-bond acceptors (Lipinski definition) is 7. The van der Waals surface area contributed by atoms with E-state index >= 15 is 0 Å². The fourth-order valence-corrected chi connectivity index (χ4v) is 8.92. The summed E-state index contributed by atoms with van der Waals surface area (Å²) >= 11 is 0. The minimum absolute atomic E-state index is 0.122. The Kier molecular flexibility index (Phi) is 5.55. The molecule has 8 rings (SSSR count). The highest BCUT2D eigenvalue weighted by Gasteiger charge is 2.40. The molecule has 0 radical (unpaired) electrons. The van der Waals surface area contributed by atoms with Gasteiger partial charge in [-0.2, -0.15) is 0 Å². The lowest BCUT2D eigenvalue weighted by molar-refractivity contribution is 0.392. The zero-order valence-corrected chi connectivity index (χ0v) is 23.7. The van der Waals surface area contributed by atoms with Gasteiger partial charge in [0, 0.05) is 39.8 Å². The topological polar surface area (TPSA) is 84.0 Å². The van der Waals surface area contributed by atoms with E-state index in [0.29, 0.717) is 33.4 Å². The molecule has 3 heterocycles. The maximum atomic E-state index is 14.2. The highest BCUT2D eigenvalue weighted by Crippen LogP contribution is 2.56. The van der Waals surface area contributed by atoms with Crippen molar-refractivity contribution in [3.05, 3.63) is 127 Å². The normalized spacial score (nSPS) is 19.7. The van der Waals surface area contributed by atoms with E-state index in [1.807, 2.05) is 78.9 Å². The van der Waals surface area contributed by atoms with Crippen LogP contribution >= 0.6 is 15.2 Å². The second kappa shape index (κ2) is 9.35. The molecule has 2 aliphatic rings. The number of rotatable bonds is 4. The molecular formula is C33H21NO6P2. The molecule has 0 aliphatic carbocycles. The van der Waals surface area contributed by atoms with Crippen molar-refractivity contribution in [3.63, 3.8) is 0 Å². The summed E-state index contributed by atoms with van der Waals surface area (Å²) in [6.45, 7) is 0. The number of fused-ring (bicyclic) bond motifs is 7. The summed E-state index contributed by atoms with van der Waals surface area (Å²) in [6, 6.07) is 38.2. The van der Waals surface area contributed by atoms with Gasteiger partial charge in [-0.3, -0.25) is 0 Å². The summed E-state index contributed by atoms with van der Waals surface area (Å²) in [6.07, 6.45) is 0. The largest absolute Gasteiger partial charge is 0.464 e. The van der Waals surface area contributed by atoms with E-state index in [1.54, 1.807) is 48.5 Å². The number of para-hydroxylation sites is 2. The molecule has 0 N–H and O–H groups in total. The van der Waals surface area contributed by atoms with Crippen LogP contribution in [0.4, 0.5) is 0 Å². The summed E-state index contributed by atoms with van der Waals surface area (Å²) in [7, 11) is -7.59. The Labute approximate surface area is 241 Å². The number of hydrogen-bond donors (Lipinski definition) is 0. The number of aromatic nitrogens is 1. The molecule has 2 aliphatic heterocycles. The first-order chi connectivity index (χ1) is 20.5. The molecule has 0 amide bonds. The van der Waals surface area contributed by atoms with Crippen molar-refractivity contribution in [1.29, 1.82) is 0 Å². The maximum absolute atomic E-state index is 14.2. The summed E-state index contributed by atoms with van der Waals surface area (Å²) < 4.78 is 52.4. The zero-order chi connectivity index (χ0) is 28.3. The van der Waals surface area contributed by atoms with E-state index in [9.17, 15) is 9.13 Å². The quantitative estimate of drug-likeness (QED) is 0.192. The van der Waals surface area contributed by atoms with Crippen LogP contribution in [0, 0.1) is 0 Å². The third-order valence-corrected chi connectivity index (χ3v) is 11.0. The molecule has 1 aromatic heterocycles. The van der Waals surface area contributed by atoms with Crippen molar-refractivity contribution in [2.75, 3.05) is 0 Å². The average molecular weight is 589 g/mol. The van der Waals surface area contributed by atoms with Gasteiger partial charge in [0.15, 0.2) is 0 Å². The smallest absolute Gasteiger partial charge is 0.413 e. The fourth-order valence-electron chi connectivity index (χ4n) is 5.36. The van der Waals surface area contributed by atoms with Crippen LogP contribution in [0.1, 0.15) is 0 Å². The minimum atomic E-state index is -3.81. The Hall–Kier alpha value is -4.83. The van der Waals surface area contributed by atoms with Crippen LogP contribution in [0.3, 0.4) is 0 Å². The van der Waals surface area contributed by atoms with Crippen molar-refractivity contribution in [3.8, 4) is 45.4 Å². The first-order valence-electron chi connectivity index (χ1n) is 13.3. The molecule has 0 saturated heterocycles. The van der Waals surface area contributed by atoms with Crippen LogP contribution in [0.5, 0.6) is 23.1 Å². The third kappa shape index (κ3) is 4.01. The lowest BCUT2D eigenvalue weighted by atomic mass is 10.0. The second-order valence-corrected chi connectivity index (χ2v) is 13.6. The number of benzene rings is 5. The van der Waals surface area contributed by atoms with Gasteiger partial charge in [0.25, 0.3) is 0 Å². The molecule has 0 fully saturated rings.